The highest BCUT2D eigenvalue weighted by atomic mass is 16.3. The van der Waals surface area contributed by atoms with Crippen LogP contribution in [0.15, 0.2) is 60.8 Å². The second-order valence-electron chi connectivity index (χ2n) is 5.47. The first kappa shape index (κ1) is 16.0. The SMILES string of the molecule is Cc1ccccc1-c1nn(-c2ccccc2)cc1C(=O)NCCO. The van der Waals surface area contributed by atoms with Crippen LogP contribution in [0.2, 0.25) is 0 Å². The fourth-order valence-corrected chi connectivity index (χ4v) is 2.56. The number of benzene rings is 2. The topological polar surface area (TPSA) is 67.2 Å². The van der Waals surface area contributed by atoms with Gasteiger partial charge in [-0.15, -0.1) is 0 Å². The molecule has 0 spiro atoms. The molecule has 0 aliphatic carbocycles. The molecule has 0 saturated carbocycles. The maximum Gasteiger partial charge on any atom is 0.255 e. The molecule has 0 saturated heterocycles. The van der Waals surface area contributed by atoms with Crippen LogP contribution in [0.1, 0.15) is 15.9 Å². The number of aromatic nitrogens is 2. The summed E-state index contributed by atoms with van der Waals surface area (Å²) in [5.41, 5.74) is 3.97. The third-order valence-electron chi connectivity index (χ3n) is 3.78. The number of para-hydroxylation sites is 1. The standard InChI is InChI=1S/C19H19N3O2/c1-14-7-5-6-10-16(14)18-17(19(24)20-11-12-23)13-22(21-18)15-8-3-2-4-9-15/h2-10,13,23H,11-12H2,1H3,(H,20,24). The van der Waals surface area contributed by atoms with Crippen molar-refractivity contribution in [2.24, 2.45) is 0 Å². The zero-order valence-corrected chi connectivity index (χ0v) is 13.4. The number of amides is 1. The Morgan fingerprint density at radius 2 is 1.83 bits per heavy atom. The van der Waals surface area contributed by atoms with Gasteiger partial charge in [-0.3, -0.25) is 4.79 Å². The highest BCUT2D eigenvalue weighted by Crippen LogP contribution is 2.26. The molecular weight excluding hydrogens is 302 g/mol. The van der Waals surface area contributed by atoms with Gasteiger partial charge in [-0.2, -0.15) is 5.10 Å². The summed E-state index contributed by atoms with van der Waals surface area (Å²) in [4.78, 5) is 12.5. The monoisotopic (exact) mass is 321 g/mol. The van der Waals surface area contributed by atoms with E-state index in [1.54, 1.807) is 10.9 Å². The van der Waals surface area contributed by atoms with Gasteiger partial charge in [0.1, 0.15) is 5.69 Å². The molecule has 3 rings (SSSR count). The summed E-state index contributed by atoms with van der Waals surface area (Å²) in [5, 5.41) is 16.3. The summed E-state index contributed by atoms with van der Waals surface area (Å²) in [6, 6.07) is 17.5. The Labute approximate surface area is 140 Å². The van der Waals surface area contributed by atoms with Gasteiger partial charge in [-0.25, -0.2) is 4.68 Å². The van der Waals surface area contributed by atoms with Gasteiger partial charge in [-0.1, -0.05) is 42.5 Å². The summed E-state index contributed by atoms with van der Waals surface area (Å²) in [7, 11) is 0. The molecule has 0 atom stereocenters. The van der Waals surface area contributed by atoms with Gasteiger partial charge in [0, 0.05) is 18.3 Å². The van der Waals surface area contributed by atoms with Crippen LogP contribution >= 0.6 is 0 Å². The van der Waals surface area contributed by atoms with Crippen LogP contribution in [-0.2, 0) is 0 Å². The quantitative estimate of drug-likeness (QED) is 0.759. The van der Waals surface area contributed by atoms with Gasteiger partial charge in [0.05, 0.1) is 17.9 Å². The van der Waals surface area contributed by atoms with Crippen molar-refractivity contribution in [3.8, 4) is 16.9 Å². The van der Waals surface area contributed by atoms with Gasteiger partial charge in [0.15, 0.2) is 0 Å². The van der Waals surface area contributed by atoms with Crippen molar-refractivity contribution in [2.75, 3.05) is 13.2 Å². The fourth-order valence-electron chi connectivity index (χ4n) is 2.56. The van der Waals surface area contributed by atoms with Crippen molar-refractivity contribution in [1.82, 2.24) is 15.1 Å². The Kier molecular flexibility index (Phi) is 4.72. The lowest BCUT2D eigenvalue weighted by Crippen LogP contribution is -2.26. The van der Waals surface area contributed by atoms with Gasteiger partial charge >= 0.3 is 0 Å². The van der Waals surface area contributed by atoms with Crippen molar-refractivity contribution >= 4 is 5.91 Å². The lowest BCUT2D eigenvalue weighted by molar-refractivity contribution is 0.0945. The van der Waals surface area contributed by atoms with E-state index in [1.807, 2.05) is 61.5 Å². The Bertz CT molecular complexity index is 841. The molecular formula is C19H19N3O2. The second kappa shape index (κ2) is 7.10. The summed E-state index contributed by atoms with van der Waals surface area (Å²) >= 11 is 0. The number of aliphatic hydroxyl groups is 1. The van der Waals surface area contributed by atoms with Crippen molar-refractivity contribution in [3.05, 3.63) is 71.9 Å². The number of rotatable bonds is 5. The number of nitrogens with one attached hydrogen (secondary N) is 1. The van der Waals surface area contributed by atoms with Crippen LogP contribution in [0.4, 0.5) is 0 Å². The molecule has 0 unspecified atom stereocenters. The summed E-state index contributed by atoms with van der Waals surface area (Å²) < 4.78 is 1.70. The molecule has 1 amide bonds. The number of carbonyl (C=O) groups is 1. The summed E-state index contributed by atoms with van der Waals surface area (Å²) in [6.07, 6.45) is 1.73. The first-order valence-corrected chi connectivity index (χ1v) is 7.81. The zero-order valence-electron chi connectivity index (χ0n) is 13.4. The van der Waals surface area contributed by atoms with Crippen LogP contribution in [-0.4, -0.2) is 33.9 Å². The number of aryl methyl sites for hydroxylation is 1. The van der Waals surface area contributed by atoms with Crippen molar-refractivity contribution < 1.29 is 9.90 Å². The molecule has 1 heterocycles. The lowest BCUT2D eigenvalue weighted by atomic mass is 10.0. The number of hydrogen-bond acceptors (Lipinski definition) is 3. The minimum absolute atomic E-state index is 0.0989. The first-order chi connectivity index (χ1) is 11.7. The minimum Gasteiger partial charge on any atom is -0.395 e. The third kappa shape index (κ3) is 3.21. The Morgan fingerprint density at radius 3 is 2.54 bits per heavy atom. The van der Waals surface area contributed by atoms with E-state index in [-0.39, 0.29) is 19.1 Å². The Balaban J connectivity index is 2.10. The van der Waals surface area contributed by atoms with E-state index in [2.05, 4.69) is 10.4 Å². The number of aliphatic hydroxyl groups excluding tert-OH is 1. The van der Waals surface area contributed by atoms with Gasteiger partial charge < -0.3 is 10.4 Å². The molecule has 2 aromatic carbocycles. The van der Waals surface area contributed by atoms with Crippen LogP contribution in [0.5, 0.6) is 0 Å². The molecule has 5 nitrogen and oxygen atoms in total. The van der Waals surface area contributed by atoms with Gasteiger partial charge in [-0.05, 0) is 24.6 Å². The molecule has 5 heteroatoms. The van der Waals surface area contributed by atoms with Crippen LogP contribution < -0.4 is 5.32 Å². The molecule has 2 N–H and O–H groups in total. The number of hydrogen-bond donors (Lipinski definition) is 2. The average Bonchev–Trinajstić information content (AvgIpc) is 3.06. The van der Waals surface area contributed by atoms with E-state index in [1.165, 1.54) is 0 Å². The van der Waals surface area contributed by atoms with Crippen molar-refractivity contribution in [3.63, 3.8) is 0 Å². The highest BCUT2D eigenvalue weighted by Gasteiger charge is 2.19. The molecule has 0 bridgehead atoms. The molecule has 1 aromatic heterocycles. The molecule has 122 valence electrons. The van der Waals surface area contributed by atoms with E-state index < -0.39 is 0 Å². The highest BCUT2D eigenvalue weighted by molar-refractivity contribution is 6.00. The first-order valence-electron chi connectivity index (χ1n) is 7.81. The molecule has 0 radical (unpaired) electrons. The number of nitrogens with zero attached hydrogens (tertiary/aromatic N) is 2. The maximum atomic E-state index is 12.5. The van der Waals surface area contributed by atoms with Crippen molar-refractivity contribution in [2.45, 2.75) is 6.92 Å². The van der Waals surface area contributed by atoms with Crippen LogP contribution in [0.25, 0.3) is 16.9 Å². The van der Waals surface area contributed by atoms with Crippen LogP contribution in [0.3, 0.4) is 0 Å². The van der Waals surface area contributed by atoms with Gasteiger partial charge in [0.2, 0.25) is 0 Å². The predicted octanol–water partition coefficient (Wildman–Crippen LogP) is 2.57. The maximum absolute atomic E-state index is 12.5. The third-order valence-corrected chi connectivity index (χ3v) is 3.78. The fraction of sp³-hybridized carbons (Fsp3) is 0.158. The predicted molar refractivity (Wildman–Crippen MR) is 93.2 cm³/mol. The Morgan fingerprint density at radius 1 is 1.12 bits per heavy atom. The number of carbonyl (C=O) groups excluding carboxylic acids is 1. The minimum atomic E-state index is -0.246. The summed E-state index contributed by atoms with van der Waals surface area (Å²) in [6.45, 7) is 2.10. The van der Waals surface area contributed by atoms with Crippen molar-refractivity contribution in [1.29, 1.82) is 0 Å². The molecule has 0 aliphatic heterocycles. The second-order valence-corrected chi connectivity index (χ2v) is 5.47. The van der Waals surface area contributed by atoms with E-state index >= 15 is 0 Å². The smallest absolute Gasteiger partial charge is 0.255 e. The van der Waals surface area contributed by atoms with Crippen LogP contribution in [0, 0.1) is 6.92 Å². The van der Waals surface area contributed by atoms with Gasteiger partial charge in [0.25, 0.3) is 5.91 Å². The Hall–Kier alpha value is -2.92. The summed E-state index contributed by atoms with van der Waals surface area (Å²) in [5.74, 6) is -0.246. The molecule has 0 fully saturated rings. The lowest BCUT2D eigenvalue weighted by Gasteiger charge is -2.06. The van der Waals surface area contributed by atoms with E-state index in [0.29, 0.717) is 11.3 Å². The normalized spacial score (nSPS) is 10.6. The largest absolute Gasteiger partial charge is 0.395 e. The van der Waals surface area contributed by atoms with E-state index in [0.717, 1.165) is 16.8 Å². The molecule has 0 aliphatic rings. The molecule has 3 aromatic rings. The molecule has 24 heavy (non-hydrogen) atoms. The van der Waals surface area contributed by atoms with E-state index in [4.69, 9.17) is 5.11 Å². The van der Waals surface area contributed by atoms with E-state index in [9.17, 15) is 4.79 Å². The zero-order chi connectivity index (χ0) is 16.9. The average molecular weight is 321 g/mol.